The molecule has 0 saturated heterocycles. The maximum absolute atomic E-state index is 8.42. The highest BCUT2D eigenvalue weighted by atomic mass is 16.5. The molecule has 0 saturated carbocycles. The Bertz CT molecular complexity index is 355. The fourth-order valence-electron chi connectivity index (χ4n) is 1.39. The van der Waals surface area contributed by atoms with Gasteiger partial charge in [-0.25, -0.2) is 0 Å². The zero-order valence-electron chi connectivity index (χ0n) is 9.86. The fourth-order valence-corrected chi connectivity index (χ4v) is 1.39. The maximum Gasteiger partial charge on any atom is 0.124 e. The van der Waals surface area contributed by atoms with Crippen LogP contribution in [0, 0.1) is 11.3 Å². The summed E-state index contributed by atoms with van der Waals surface area (Å²) in [5.41, 5.74) is 1.13. The molecule has 3 heteroatoms. The van der Waals surface area contributed by atoms with Crippen LogP contribution in [0.1, 0.15) is 25.8 Å². The third kappa shape index (κ3) is 4.33. The van der Waals surface area contributed by atoms with E-state index in [1.54, 1.807) is 0 Å². The third-order valence-electron chi connectivity index (χ3n) is 2.06. The summed E-state index contributed by atoms with van der Waals surface area (Å²) in [4.78, 5) is 0. The van der Waals surface area contributed by atoms with Gasteiger partial charge in [0.2, 0.25) is 0 Å². The van der Waals surface area contributed by atoms with Gasteiger partial charge in [-0.05, 0) is 19.9 Å². The topological polar surface area (TPSA) is 45.0 Å². The summed E-state index contributed by atoms with van der Waals surface area (Å²) in [6, 6.07) is 10.1. The molecule has 3 nitrogen and oxygen atoms in total. The van der Waals surface area contributed by atoms with Crippen LogP contribution in [0.15, 0.2) is 24.3 Å². The van der Waals surface area contributed by atoms with Crippen molar-refractivity contribution < 1.29 is 4.74 Å². The van der Waals surface area contributed by atoms with Crippen molar-refractivity contribution in [2.45, 2.75) is 32.9 Å². The van der Waals surface area contributed by atoms with Crippen molar-refractivity contribution in [3.63, 3.8) is 0 Å². The molecule has 0 spiro atoms. The van der Waals surface area contributed by atoms with Gasteiger partial charge >= 0.3 is 0 Å². The molecule has 1 N–H and O–H groups in total. The molecule has 86 valence electrons. The Hall–Kier alpha value is -1.53. The van der Waals surface area contributed by atoms with E-state index in [4.69, 9.17) is 10.00 Å². The second-order valence-corrected chi connectivity index (χ2v) is 3.86. The lowest BCUT2D eigenvalue weighted by Gasteiger charge is -2.14. The van der Waals surface area contributed by atoms with Crippen LogP contribution in [0.25, 0.3) is 0 Å². The number of nitriles is 1. The minimum atomic E-state index is 0.181. The van der Waals surface area contributed by atoms with Crippen molar-refractivity contribution in [3.05, 3.63) is 29.8 Å². The second kappa shape index (κ2) is 6.86. The maximum atomic E-state index is 8.42. The molecule has 1 rings (SSSR count). The van der Waals surface area contributed by atoms with Gasteiger partial charge in [0.1, 0.15) is 5.75 Å². The Morgan fingerprint density at radius 2 is 2.12 bits per heavy atom. The molecule has 0 aromatic heterocycles. The molecule has 0 aliphatic carbocycles. The van der Waals surface area contributed by atoms with Crippen LogP contribution in [-0.2, 0) is 6.54 Å². The summed E-state index contributed by atoms with van der Waals surface area (Å²) in [5, 5.41) is 11.6. The third-order valence-corrected chi connectivity index (χ3v) is 2.06. The molecule has 0 bridgehead atoms. The molecule has 16 heavy (non-hydrogen) atoms. The Morgan fingerprint density at radius 3 is 2.81 bits per heavy atom. The van der Waals surface area contributed by atoms with Crippen molar-refractivity contribution in [2.75, 3.05) is 6.54 Å². The molecule has 0 fully saturated rings. The largest absolute Gasteiger partial charge is 0.491 e. The first kappa shape index (κ1) is 12.5. The molecule has 0 heterocycles. The van der Waals surface area contributed by atoms with Crippen LogP contribution in [-0.4, -0.2) is 12.6 Å². The minimum absolute atomic E-state index is 0.181. The van der Waals surface area contributed by atoms with Crippen molar-refractivity contribution in [3.8, 4) is 11.8 Å². The van der Waals surface area contributed by atoms with Crippen LogP contribution in [0.4, 0.5) is 0 Å². The van der Waals surface area contributed by atoms with Gasteiger partial charge in [0, 0.05) is 25.1 Å². The Balaban J connectivity index is 2.54. The summed E-state index contributed by atoms with van der Waals surface area (Å²) < 4.78 is 5.70. The zero-order valence-corrected chi connectivity index (χ0v) is 9.86. The highest BCUT2D eigenvalue weighted by Crippen LogP contribution is 2.18. The number of ether oxygens (including phenoxy) is 1. The van der Waals surface area contributed by atoms with Crippen LogP contribution < -0.4 is 10.1 Å². The van der Waals surface area contributed by atoms with E-state index in [1.807, 2.05) is 38.1 Å². The van der Waals surface area contributed by atoms with E-state index < -0.39 is 0 Å². The smallest absolute Gasteiger partial charge is 0.124 e. The van der Waals surface area contributed by atoms with Crippen molar-refractivity contribution in [1.29, 1.82) is 5.26 Å². The predicted molar refractivity (Wildman–Crippen MR) is 64.1 cm³/mol. The highest BCUT2D eigenvalue weighted by Gasteiger charge is 2.03. The second-order valence-electron chi connectivity index (χ2n) is 3.86. The van der Waals surface area contributed by atoms with Gasteiger partial charge in [-0.15, -0.1) is 0 Å². The van der Waals surface area contributed by atoms with E-state index in [2.05, 4.69) is 11.4 Å². The fraction of sp³-hybridized carbons (Fsp3) is 0.462. The number of hydrogen-bond acceptors (Lipinski definition) is 3. The van der Waals surface area contributed by atoms with E-state index in [-0.39, 0.29) is 6.10 Å². The van der Waals surface area contributed by atoms with Crippen LogP contribution >= 0.6 is 0 Å². The Labute approximate surface area is 97.0 Å². The quantitative estimate of drug-likeness (QED) is 0.746. The summed E-state index contributed by atoms with van der Waals surface area (Å²) >= 11 is 0. The molecule has 0 amide bonds. The van der Waals surface area contributed by atoms with Crippen LogP contribution in [0.3, 0.4) is 0 Å². The number of rotatable bonds is 6. The molecule has 0 aliphatic rings. The van der Waals surface area contributed by atoms with Gasteiger partial charge in [0.05, 0.1) is 12.2 Å². The molecule has 0 radical (unpaired) electrons. The van der Waals surface area contributed by atoms with E-state index in [1.165, 1.54) is 0 Å². The first-order valence-corrected chi connectivity index (χ1v) is 5.56. The van der Waals surface area contributed by atoms with Gasteiger partial charge in [-0.3, -0.25) is 0 Å². The van der Waals surface area contributed by atoms with Crippen LogP contribution in [0.2, 0.25) is 0 Å². The molecular formula is C13H18N2O. The minimum Gasteiger partial charge on any atom is -0.491 e. The molecule has 0 unspecified atom stereocenters. The molecule has 1 aromatic carbocycles. The average molecular weight is 218 g/mol. The van der Waals surface area contributed by atoms with Crippen molar-refractivity contribution in [2.24, 2.45) is 0 Å². The van der Waals surface area contributed by atoms with Gasteiger partial charge in [0.25, 0.3) is 0 Å². The Morgan fingerprint density at radius 1 is 1.38 bits per heavy atom. The SMILES string of the molecule is CC(C)Oc1ccccc1CNCCC#N. The monoisotopic (exact) mass is 218 g/mol. The van der Waals surface area contributed by atoms with E-state index >= 15 is 0 Å². The molecule has 0 aliphatic heterocycles. The summed E-state index contributed by atoms with van der Waals surface area (Å²) in [6.45, 7) is 5.48. The first-order chi connectivity index (χ1) is 7.74. The number of para-hydroxylation sites is 1. The summed E-state index contributed by atoms with van der Waals surface area (Å²) in [7, 11) is 0. The number of hydrogen-bond donors (Lipinski definition) is 1. The Kier molecular flexibility index (Phi) is 5.38. The highest BCUT2D eigenvalue weighted by molar-refractivity contribution is 5.33. The van der Waals surface area contributed by atoms with E-state index in [9.17, 15) is 0 Å². The molecule has 1 aromatic rings. The number of benzene rings is 1. The lowest BCUT2D eigenvalue weighted by atomic mass is 10.2. The zero-order chi connectivity index (χ0) is 11.8. The van der Waals surface area contributed by atoms with Gasteiger partial charge < -0.3 is 10.1 Å². The van der Waals surface area contributed by atoms with Gasteiger partial charge in [0.15, 0.2) is 0 Å². The number of nitrogens with one attached hydrogen (secondary N) is 1. The van der Waals surface area contributed by atoms with Crippen molar-refractivity contribution >= 4 is 0 Å². The molecule has 0 atom stereocenters. The lowest BCUT2D eigenvalue weighted by molar-refractivity contribution is 0.239. The summed E-state index contributed by atoms with van der Waals surface area (Å²) in [6.07, 6.45) is 0.716. The van der Waals surface area contributed by atoms with Crippen molar-refractivity contribution in [1.82, 2.24) is 5.32 Å². The van der Waals surface area contributed by atoms with E-state index in [0.29, 0.717) is 13.0 Å². The number of nitrogens with zero attached hydrogens (tertiary/aromatic N) is 1. The average Bonchev–Trinajstić information content (AvgIpc) is 2.26. The first-order valence-electron chi connectivity index (χ1n) is 5.56. The van der Waals surface area contributed by atoms with Crippen LogP contribution in [0.5, 0.6) is 5.75 Å². The van der Waals surface area contributed by atoms with Gasteiger partial charge in [-0.1, -0.05) is 18.2 Å². The summed E-state index contributed by atoms with van der Waals surface area (Å²) in [5.74, 6) is 0.918. The lowest BCUT2D eigenvalue weighted by Crippen LogP contribution is -2.16. The normalized spacial score (nSPS) is 10.1. The standard InChI is InChI=1S/C13H18N2O/c1-11(2)16-13-7-4-3-6-12(13)10-15-9-5-8-14/h3-4,6-7,11,15H,5,9-10H2,1-2H3. The molecular weight excluding hydrogens is 200 g/mol. The predicted octanol–water partition coefficient (Wildman–Crippen LogP) is 2.48. The van der Waals surface area contributed by atoms with Gasteiger partial charge in [-0.2, -0.15) is 5.26 Å². The van der Waals surface area contributed by atoms with E-state index in [0.717, 1.165) is 17.9 Å².